The first-order chi connectivity index (χ1) is 15.8. The van der Waals surface area contributed by atoms with E-state index >= 15 is 0 Å². The molecule has 0 aliphatic rings. The first-order valence-corrected chi connectivity index (χ1v) is 14.2. The van der Waals surface area contributed by atoms with Crippen molar-refractivity contribution in [1.29, 1.82) is 0 Å². The molecule has 0 fully saturated rings. The van der Waals surface area contributed by atoms with Crippen LogP contribution in [-0.4, -0.2) is 19.2 Å². The summed E-state index contributed by atoms with van der Waals surface area (Å²) in [6.45, 7) is 0. The monoisotopic (exact) mass is 448 g/mol. The molecule has 0 spiro atoms. The number of hydrogen-bond acceptors (Lipinski definition) is 2. The van der Waals surface area contributed by atoms with Crippen molar-refractivity contribution in [3.05, 3.63) is 91.0 Å². The predicted molar refractivity (Wildman–Crippen MR) is 140 cm³/mol. The zero-order valence-electron chi connectivity index (χ0n) is 19.3. The zero-order valence-corrected chi connectivity index (χ0v) is 20.3. The fourth-order valence-corrected chi connectivity index (χ4v) is 9.68. The quantitative estimate of drug-likeness (QED) is 0.182. The Morgan fingerprint density at radius 3 is 1.38 bits per heavy atom. The molecular formula is C29H37O2P. The molecule has 170 valence electrons. The zero-order chi connectivity index (χ0) is 22.5. The van der Waals surface area contributed by atoms with E-state index in [4.69, 9.17) is 4.74 Å². The number of carbonyl (C=O) groups excluding carboxylic acids is 1. The molecule has 0 saturated carbocycles. The molecule has 0 saturated heterocycles. The number of esters is 1. The van der Waals surface area contributed by atoms with Crippen molar-refractivity contribution in [1.82, 2.24) is 0 Å². The minimum atomic E-state index is -2.07. The molecule has 0 aliphatic heterocycles. The van der Waals surface area contributed by atoms with Crippen LogP contribution in [0.2, 0.25) is 0 Å². The second-order valence-electron chi connectivity index (χ2n) is 8.55. The van der Waals surface area contributed by atoms with Gasteiger partial charge in [0, 0.05) is 0 Å². The van der Waals surface area contributed by atoms with Crippen LogP contribution < -0.4 is 15.9 Å². The van der Waals surface area contributed by atoms with E-state index in [1.807, 2.05) is 0 Å². The van der Waals surface area contributed by atoms with Gasteiger partial charge in [-0.1, -0.05) is 0 Å². The summed E-state index contributed by atoms with van der Waals surface area (Å²) in [5.74, 6) is -0.0889. The molecule has 0 N–H and O–H groups in total. The third-order valence-corrected chi connectivity index (χ3v) is 11.5. The summed E-state index contributed by atoms with van der Waals surface area (Å²) < 4.78 is 4.72. The van der Waals surface area contributed by atoms with E-state index in [-0.39, 0.29) is 5.97 Å². The van der Waals surface area contributed by atoms with Crippen molar-refractivity contribution < 1.29 is 9.53 Å². The molecule has 0 radical (unpaired) electrons. The van der Waals surface area contributed by atoms with Crippen LogP contribution in [-0.2, 0) is 9.53 Å². The topological polar surface area (TPSA) is 26.3 Å². The third-order valence-electron chi connectivity index (χ3n) is 6.46. The summed E-state index contributed by atoms with van der Waals surface area (Å²) in [4.78, 5) is 11.2. The molecule has 3 aromatic rings. The van der Waals surface area contributed by atoms with E-state index in [1.54, 1.807) is 0 Å². The van der Waals surface area contributed by atoms with Gasteiger partial charge in [0.05, 0.1) is 0 Å². The van der Waals surface area contributed by atoms with Gasteiger partial charge in [-0.3, -0.25) is 0 Å². The second-order valence-corrected chi connectivity index (χ2v) is 12.6. The molecule has 0 aromatic heterocycles. The van der Waals surface area contributed by atoms with Crippen LogP contribution in [0.5, 0.6) is 0 Å². The number of benzene rings is 3. The Kier molecular flexibility index (Phi) is 9.98. The van der Waals surface area contributed by atoms with E-state index < -0.39 is 7.26 Å². The number of methoxy groups -OCH3 is 1. The number of ether oxygens (including phenoxy) is 1. The van der Waals surface area contributed by atoms with Crippen LogP contribution >= 0.6 is 7.26 Å². The van der Waals surface area contributed by atoms with Gasteiger partial charge in [-0.05, 0) is 0 Å². The molecule has 2 nitrogen and oxygen atoms in total. The Balaban J connectivity index is 1.67. The average molecular weight is 449 g/mol. The molecular weight excluding hydrogens is 411 g/mol. The Morgan fingerprint density at radius 1 is 0.594 bits per heavy atom. The maximum absolute atomic E-state index is 11.2. The molecule has 0 amide bonds. The van der Waals surface area contributed by atoms with E-state index in [9.17, 15) is 4.79 Å². The molecule has 3 heteroatoms. The summed E-state index contributed by atoms with van der Waals surface area (Å²) >= 11 is 0. The molecule has 0 heterocycles. The molecule has 0 aliphatic carbocycles. The molecule has 0 unspecified atom stereocenters. The summed E-state index contributed by atoms with van der Waals surface area (Å²) in [6, 6.07) is 33.6. The van der Waals surface area contributed by atoms with Gasteiger partial charge in [0.15, 0.2) is 0 Å². The van der Waals surface area contributed by atoms with Gasteiger partial charge in [0.1, 0.15) is 0 Å². The third kappa shape index (κ3) is 6.53. The molecule has 0 bridgehead atoms. The van der Waals surface area contributed by atoms with Crippen molar-refractivity contribution in [2.75, 3.05) is 13.3 Å². The fourth-order valence-electron chi connectivity index (χ4n) is 4.75. The van der Waals surface area contributed by atoms with Crippen LogP contribution in [0.1, 0.15) is 51.4 Å². The van der Waals surface area contributed by atoms with Gasteiger partial charge in [-0.2, -0.15) is 0 Å². The van der Waals surface area contributed by atoms with Gasteiger partial charge in [0.25, 0.3) is 0 Å². The van der Waals surface area contributed by atoms with Crippen molar-refractivity contribution >= 4 is 29.1 Å². The second kappa shape index (κ2) is 13.2. The van der Waals surface area contributed by atoms with Crippen LogP contribution in [0, 0.1) is 0 Å². The number of carbonyl (C=O) groups is 1. The standard InChI is InChI=1S/C29H37O2P/c1-31-29(30)24-16-5-3-2-4-6-17-25-32(26-18-10-7-11-19-26,27-20-12-8-13-21-27)28-22-14-9-15-23-28/h7-15,18-23,32H,2-6,16-17,24-25H2,1H3. The van der Waals surface area contributed by atoms with Crippen LogP contribution in [0.3, 0.4) is 0 Å². The molecule has 0 atom stereocenters. The molecule has 32 heavy (non-hydrogen) atoms. The maximum atomic E-state index is 11.2. The van der Waals surface area contributed by atoms with E-state index in [2.05, 4.69) is 91.0 Å². The summed E-state index contributed by atoms with van der Waals surface area (Å²) in [7, 11) is -0.609. The molecule has 3 rings (SSSR count). The fraction of sp³-hybridized carbons (Fsp3) is 0.345. The van der Waals surface area contributed by atoms with E-state index in [1.165, 1.54) is 61.3 Å². The van der Waals surface area contributed by atoms with Crippen molar-refractivity contribution in [3.63, 3.8) is 0 Å². The minimum absolute atomic E-state index is 0.0889. The summed E-state index contributed by atoms with van der Waals surface area (Å²) in [5.41, 5.74) is 0. The summed E-state index contributed by atoms with van der Waals surface area (Å²) in [5, 5.41) is 4.50. The van der Waals surface area contributed by atoms with Crippen molar-refractivity contribution in [2.24, 2.45) is 0 Å². The van der Waals surface area contributed by atoms with E-state index in [0.717, 1.165) is 12.8 Å². The summed E-state index contributed by atoms with van der Waals surface area (Å²) in [6.07, 6.45) is 10.1. The van der Waals surface area contributed by atoms with Crippen LogP contribution in [0.4, 0.5) is 0 Å². The van der Waals surface area contributed by atoms with Gasteiger partial charge >= 0.3 is 194 Å². The SMILES string of the molecule is COC(=O)CCCCCCCCC[PH](c1ccccc1)(c1ccccc1)c1ccccc1. The van der Waals surface area contributed by atoms with Gasteiger partial charge in [-0.15, -0.1) is 0 Å². The Hall–Kier alpha value is -2.44. The molecule has 3 aromatic carbocycles. The first kappa shape index (κ1) is 24.2. The van der Waals surface area contributed by atoms with Crippen LogP contribution in [0.25, 0.3) is 0 Å². The Morgan fingerprint density at radius 2 is 0.969 bits per heavy atom. The van der Waals surface area contributed by atoms with Crippen molar-refractivity contribution in [3.8, 4) is 0 Å². The Bertz CT molecular complexity index is 813. The number of hydrogen-bond donors (Lipinski definition) is 0. The normalized spacial score (nSPS) is 11.8. The number of rotatable bonds is 13. The van der Waals surface area contributed by atoms with Crippen molar-refractivity contribution in [2.45, 2.75) is 51.4 Å². The Labute approximate surface area is 194 Å². The number of unbranched alkanes of at least 4 members (excludes halogenated alkanes) is 6. The first-order valence-electron chi connectivity index (χ1n) is 12.0. The van der Waals surface area contributed by atoms with Gasteiger partial charge < -0.3 is 0 Å². The predicted octanol–water partition coefficient (Wildman–Crippen LogP) is 6.01. The van der Waals surface area contributed by atoms with Crippen LogP contribution in [0.15, 0.2) is 91.0 Å². The van der Waals surface area contributed by atoms with E-state index in [0.29, 0.717) is 6.42 Å². The van der Waals surface area contributed by atoms with Gasteiger partial charge in [0.2, 0.25) is 0 Å². The van der Waals surface area contributed by atoms with Gasteiger partial charge in [-0.25, -0.2) is 0 Å². The average Bonchev–Trinajstić information content (AvgIpc) is 2.87.